The quantitative estimate of drug-likeness (QED) is 0.0637. The van der Waals surface area contributed by atoms with Crippen molar-refractivity contribution in [3.63, 3.8) is 0 Å². The highest BCUT2D eigenvalue weighted by molar-refractivity contribution is 7.90. The lowest BCUT2D eigenvalue weighted by Gasteiger charge is -2.34. The van der Waals surface area contributed by atoms with E-state index in [1.807, 2.05) is 12.3 Å². The number of fused-ring (bicyclic) bond motifs is 6. The third-order valence-corrected chi connectivity index (χ3v) is 21.4. The number of hydrogen-bond acceptors (Lipinski definition) is 15. The fourth-order valence-electron chi connectivity index (χ4n) is 13.6. The molecule has 0 aromatic carbocycles. The van der Waals surface area contributed by atoms with Crippen LogP contribution in [0.2, 0.25) is 5.15 Å². The van der Waals surface area contributed by atoms with E-state index in [9.17, 15) is 26.4 Å². The molecule has 5 saturated carbocycles. The average molecular weight is 1220 g/mol. The van der Waals surface area contributed by atoms with Gasteiger partial charge in [-0.3, -0.25) is 19.0 Å². The first-order valence-corrected chi connectivity index (χ1v) is 34.1. The molecule has 6 fully saturated rings. The minimum absolute atomic E-state index is 0.0669. The van der Waals surface area contributed by atoms with Crippen LogP contribution in [0.1, 0.15) is 164 Å². The van der Waals surface area contributed by atoms with Gasteiger partial charge < -0.3 is 14.4 Å². The first-order valence-electron chi connectivity index (χ1n) is 30.8. The SMILES string of the molecule is CC1(C)CC2CCCn3ccc(n3)S(=O)(=O)NC(=O)c3ccc(-n4ccc(OCCC(C5CC5)C5CC5)n4)nc3N1C2.CC1(C)CCC(CCCn2ccc(S(=O)(=O)NC(=O)c3ccc(-n4ccc(OCCC(C5CC5)C5CC5)n4)nc3Cl)n2)C1. The standard InChI is InChI=1S/C31H41ClN6O4S.C30H39N7O4S/c1-31(2)15-11-21(20-31)4-3-16-37-17-13-28(35-37)43(40,41)36-30(39)25-9-10-26(33-29(25)32)38-18-12-27(34-38)42-19-14-24(22-5-6-22)23-7-8-23;1-30(2)18-20-4-3-14-35-15-12-27(33-35)42(39,40)34-29(38)24-9-10-25(31-28(24)36(30)19-20)37-16-11-26(32-37)41-17-13-23(21-5-6-21)22-7-8-22/h9-10,12-13,17-18,21-24H,3-8,11,14-16,19-20H2,1-2H3,(H,36,39);9-12,15-16,20-23H,3-8,13-14,17-19H2,1-2H3,(H,34,38). The number of sulfonamides is 2. The fraction of sp³-hybridized carbons (Fsp3) is 0.607. The predicted molar refractivity (Wildman–Crippen MR) is 319 cm³/mol. The molecule has 13 rings (SSSR count). The largest absolute Gasteiger partial charge is 0.477 e. The van der Waals surface area contributed by atoms with E-state index in [1.165, 1.54) is 93.5 Å². The molecule has 2 N–H and O–H groups in total. The molecule has 1 saturated heterocycles. The first-order chi connectivity index (χ1) is 40.7. The van der Waals surface area contributed by atoms with Gasteiger partial charge in [0.2, 0.25) is 11.8 Å². The molecule has 2 amide bonds. The molecule has 4 bridgehead atoms. The van der Waals surface area contributed by atoms with Gasteiger partial charge in [0.25, 0.3) is 31.9 Å². The van der Waals surface area contributed by atoms with Gasteiger partial charge in [-0.25, -0.2) is 28.8 Å². The molecular formula is C61H80ClN13O8S2. The summed E-state index contributed by atoms with van der Waals surface area (Å²) in [5, 5.41) is 16.9. The van der Waals surface area contributed by atoms with Crippen molar-refractivity contribution in [2.45, 2.75) is 172 Å². The number of ether oxygens (including phenoxy) is 2. The van der Waals surface area contributed by atoms with Gasteiger partial charge in [-0.05, 0) is 219 Å². The predicted octanol–water partition coefficient (Wildman–Crippen LogP) is 10.2. The number of aryl methyl sites for hydroxylation is 2. The Kier molecular flexibility index (Phi) is 16.7. The number of rotatable bonds is 21. The Bertz CT molecular complexity index is 3590. The van der Waals surface area contributed by atoms with Crippen LogP contribution in [0.4, 0.5) is 5.82 Å². The normalized spacial score (nSPS) is 21.7. The second-order valence-corrected chi connectivity index (χ2v) is 30.1. The van der Waals surface area contributed by atoms with Crippen LogP contribution in [-0.4, -0.2) is 103 Å². The van der Waals surface area contributed by atoms with E-state index < -0.39 is 31.9 Å². The summed E-state index contributed by atoms with van der Waals surface area (Å²) in [4.78, 5) is 37.7. The van der Waals surface area contributed by atoms with Crippen molar-refractivity contribution in [3.8, 4) is 23.4 Å². The Hall–Kier alpha value is -6.33. The van der Waals surface area contributed by atoms with Gasteiger partial charge >= 0.3 is 0 Å². The highest BCUT2D eigenvalue weighted by atomic mass is 35.5. The molecule has 0 radical (unpaired) electrons. The van der Waals surface area contributed by atoms with E-state index in [0.29, 0.717) is 72.8 Å². The second-order valence-electron chi connectivity index (χ2n) is 26.5. The van der Waals surface area contributed by atoms with Crippen LogP contribution in [-0.2, 0) is 33.1 Å². The van der Waals surface area contributed by atoms with Crippen LogP contribution in [0.5, 0.6) is 11.8 Å². The summed E-state index contributed by atoms with van der Waals surface area (Å²) in [6.07, 6.45) is 28.3. The molecule has 0 spiro atoms. The summed E-state index contributed by atoms with van der Waals surface area (Å²) >= 11 is 6.32. The summed E-state index contributed by atoms with van der Waals surface area (Å²) in [5.74, 6) is 7.02. The maximum Gasteiger partial charge on any atom is 0.283 e. The topological polar surface area (TPSA) is 245 Å². The van der Waals surface area contributed by atoms with Gasteiger partial charge in [-0.15, -0.1) is 10.2 Å². The zero-order valence-corrected chi connectivity index (χ0v) is 51.6. The summed E-state index contributed by atoms with van der Waals surface area (Å²) < 4.78 is 74.5. The molecule has 85 heavy (non-hydrogen) atoms. The number of amides is 2. The Morgan fingerprint density at radius 2 is 1.38 bits per heavy atom. The fourth-order valence-corrected chi connectivity index (χ4v) is 15.7. The number of halogens is 1. The lowest BCUT2D eigenvalue weighted by molar-refractivity contribution is 0.0972. The van der Waals surface area contributed by atoms with Crippen LogP contribution in [0, 0.1) is 52.8 Å². The molecule has 24 heteroatoms. The Labute approximate surface area is 503 Å². The number of aromatic nitrogens is 10. The third kappa shape index (κ3) is 14.4. The van der Waals surface area contributed by atoms with Crippen molar-refractivity contribution in [1.82, 2.24) is 58.5 Å². The third-order valence-electron chi connectivity index (χ3n) is 18.6. The van der Waals surface area contributed by atoms with Crippen molar-refractivity contribution >= 4 is 49.3 Å². The van der Waals surface area contributed by atoms with Crippen LogP contribution in [0.25, 0.3) is 11.6 Å². The van der Waals surface area contributed by atoms with Gasteiger partial charge in [-0.1, -0.05) is 25.4 Å². The highest BCUT2D eigenvalue weighted by Gasteiger charge is 2.44. The number of hydrogen-bond donors (Lipinski definition) is 2. The Morgan fingerprint density at radius 1 is 0.753 bits per heavy atom. The molecule has 8 heterocycles. The summed E-state index contributed by atoms with van der Waals surface area (Å²) in [5.41, 5.74) is 0.269. The van der Waals surface area contributed by atoms with Gasteiger partial charge in [0.1, 0.15) is 11.0 Å². The van der Waals surface area contributed by atoms with Crippen LogP contribution in [0.3, 0.4) is 0 Å². The minimum Gasteiger partial charge on any atom is -0.477 e. The maximum atomic E-state index is 13.5. The Balaban J connectivity index is 0.000000167. The summed E-state index contributed by atoms with van der Waals surface area (Å²) in [7, 11) is -8.34. The second kappa shape index (κ2) is 24.1. The summed E-state index contributed by atoms with van der Waals surface area (Å²) in [6, 6.07) is 12.7. The lowest BCUT2D eigenvalue weighted by Crippen LogP contribution is -2.41. The molecule has 7 aliphatic rings. The number of carbonyl (C=O) groups excluding carboxylic acids is 2. The van der Waals surface area contributed by atoms with E-state index in [4.69, 9.17) is 26.1 Å². The zero-order valence-electron chi connectivity index (χ0n) is 49.2. The van der Waals surface area contributed by atoms with E-state index >= 15 is 0 Å². The van der Waals surface area contributed by atoms with E-state index in [2.05, 4.69) is 67.4 Å². The number of carbonyl (C=O) groups is 2. The molecule has 456 valence electrons. The van der Waals surface area contributed by atoms with E-state index in [-0.39, 0.29) is 31.9 Å². The molecule has 2 aliphatic heterocycles. The zero-order chi connectivity index (χ0) is 59.3. The molecule has 21 nitrogen and oxygen atoms in total. The number of nitrogens with zero attached hydrogens (tertiary/aromatic N) is 11. The highest BCUT2D eigenvalue weighted by Crippen LogP contribution is 2.52. The lowest BCUT2D eigenvalue weighted by atomic mass is 9.89. The maximum absolute atomic E-state index is 13.5. The average Bonchev–Trinajstić information content (AvgIpc) is 2.40. The van der Waals surface area contributed by atoms with Gasteiger partial charge in [-0.2, -0.15) is 27.0 Å². The minimum atomic E-state index is -4.19. The van der Waals surface area contributed by atoms with Gasteiger partial charge in [0.15, 0.2) is 21.7 Å². The van der Waals surface area contributed by atoms with Crippen molar-refractivity contribution in [2.75, 3.05) is 24.7 Å². The van der Waals surface area contributed by atoms with Gasteiger partial charge in [0, 0.05) is 62.1 Å². The van der Waals surface area contributed by atoms with Crippen LogP contribution >= 0.6 is 11.6 Å². The van der Waals surface area contributed by atoms with Crippen molar-refractivity contribution in [3.05, 3.63) is 89.6 Å². The molecule has 6 aromatic rings. The molecule has 2 atom stereocenters. The van der Waals surface area contributed by atoms with Gasteiger partial charge in [0.05, 0.1) is 24.3 Å². The van der Waals surface area contributed by atoms with E-state index in [1.54, 1.807) is 56.9 Å². The van der Waals surface area contributed by atoms with Crippen molar-refractivity contribution in [1.29, 1.82) is 0 Å². The molecule has 2 unspecified atom stereocenters. The number of anilines is 1. The summed E-state index contributed by atoms with van der Waals surface area (Å²) in [6.45, 7) is 12.2. The smallest absolute Gasteiger partial charge is 0.283 e. The van der Waals surface area contributed by atoms with Crippen LogP contribution < -0.4 is 23.8 Å². The van der Waals surface area contributed by atoms with E-state index in [0.717, 1.165) is 87.0 Å². The van der Waals surface area contributed by atoms with Crippen molar-refractivity contribution in [2.24, 2.45) is 52.8 Å². The number of pyridine rings is 2. The van der Waals surface area contributed by atoms with Crippen LogP contribution in [0.15, 0.2) is 83.4 Å². The molecule has 6 aromatic heterocycles. The molecular weight excluding hydrogens is 1140 g/mol. The first kappa shape index (κ1) is 59.0. The number of nitrogens with one attached hydrogen (secondary N) is 2. The monoisotopic (exact) mass is 1220 g/mol. The Morgan fingerprint density at radius 3 is 1.98 bits per heavy atom. The molecule has 5 aliphatic carbocycles. The van der Waals surface area contributed by atoms with Crippen molar-refractivity contribution < 1.29 is 35.9 Å².